The Labute approximate surface area is 160 Å². The number of benzene rings is 1. The van der Waals surface area contributed by atoms with E-state index in [9.17, 15) is 9.18 Å². The highest BCUT2D eigenvalue weighted by Gasteiger charge is 2.26. The lowest BCUT2D eigenvalue weighted by Gasteiger charge is -2.34. The summed E-state index contributed by atoms with van der Waals surface area (Å²) < 4.78 is 19.5. The van der Waals surface area contributed by atoms with E-state index in [0.717, 1.165) is 25.9 Å². The minimum absolute atomic E-state index is 0. The van der Waals surface area contributed by atoms with Crippen LogP contribution in [0.1, 0.15) is 31.9 Å². The van der Waals surface area contributed by atoms with Crippen LogP contribution in [-0.4, -0.2) is 25.5 Å². The molecule has 0 aliphatic carbocycles. The Bertz CT molecular complexity index is 726. The molecule has 2 aromatic rings. The second kappa shape index (κ2) is 9.19. The predicted molar refractivity (Wildman–Crippen MR) is 103 cm³/mol. The van der Waals surface area contributed by atoms with Crippen molar-refractivity contribution in [2.45, 2.75) is 32.6 Å². The lowest BCUT2D eigenvalue weighted by Crippen LogP contribution is -2.42. The molecule has 0 spiro atoms. The Morgan fingerprint density at radius 2 is 1.96 bits per heavy atom. The number of hydrogen-bond donors (Lipinski definition) is 2. The van der Waals surface area contributed by atoms with Crippen molar-refractivity contribution in [3.05, 3.63) is 48.0 Å². The smallest absolute Gasteiger partial charge is 0.220 e. The van der Waals surface area contributed by atoms with Crippen molar-refractivity contribution in [2.24, 2.45) is 5.41 Å². The predicted octanol–water partition coefficient (Wildman–Crippen LogP) is 3.95. The molecule has 1 aliphatic rings. The average Bonchev–Trinajstić information content (AvgIpc) is 3.08. The second-order valence-corrected chi connectivity index (χ2v) is 7.08. The maximum Gasteiger partial charge on any atom is 0.220 e. The SMILES string of the molecule is CC1(CNC(=O)CCc2ccc(-c3ccccc3F)o2)CCNCC1.Cl. The molecule has 0 radical (unpaired) electrons. The molecule has 2 heterocycles. The highest BCUT2D eigenvalue weighted by atomic mass is 35.5. The molecule has 0 unspecified atom stereocenters. The van der Waals surface area contributed by atoms with Gasteiger partial charge in [0.15, 0.2) is 0 Å². The van der Waals surface area contributed by atoms with Crippen molar-refractivity contribution >= 4 is 18.3 Å². The molecular weight excluding hydrogens is 355 g/mol. The molecule has 3 rings (SSSR count). The second-order valence-electron chi connectivity index (χ2n) is 7.08. The normalized spacial score (nSPS) is 15.9. The van der Waals surface area contributed by atoms with Crippen LogP contribution in [0.3, 0.4) is 0 Å². The van der Waals surface area contributed by atoms with Gasteiger partial charge in [-0.3, -0.25) is 4.79 Å². The third-order valence-electron chi connectivity index (χ3n) is 4.92. The monoisotopic (exact) mass is 380 g/mol. The molecule has 4 nitrogen and oxygen atoms in total. The Hall–Kier alpha value is -1.85. The molecule has 6 heteroatoms. The number of furan rings is 1. The number of amides is 1. The molecule has 1 fully saturated rings. The van der Waals surface area contributed by atoms with Crippen LogP contribution in [0.2, 0.25) is 0 Å². The van der Waals surface area contributed by atoms with Crippen LogP contribution in [0.5, 0.6) is 0 Å². The van der Waals surface area contributed by atoms with E-state index in [1.165, 1.54) is 6.07 Å². The summed E-state index contributed by atoms with van der Waals surface area (Å²) >= 11 is 0. The lowest BCUT2D eigenvalue weighted by atomic mass is 9.81. The highest BCUT2D eigenvalue weighted by Crippen LogP contribution is 2.27. The summed E-state index contributed by atoms with van der Waals surface area (Å²) in [6, 6.07) is 10.1. The van der Waals surface area contributed by atoms with Crippen molar-refractivity contribution in [3.63, 3.8) is 0 Å². The first-order valence-electron chi connectivity index (χ1n) is 8.87. The van der Waals surface area contributed by atoms with Crippen molar-refractivity contribution in [1.29, 1.82) is 0 Å². The van der Waals surface area contributed by atoms with Gasteiger partial charge < -0.3 is 15.1 Å². The number of rotatable bonds is 6. The molecule has 0 bridgehead atoms. The number of carbonyl (C=O) groups is 1. The topological polar surface area (TPSA) is 54.3 Å². The number of piperidine rings is 1. The van der Waals surface area contributed by atoms with Crippen molar-refractivity contribution < 1.29 is 13.6 Å². The van der Waals surface area contributed by atoms with E-state index in [0.29, 0.717) is 36.5 Å². The Morgan fingerprint density at radius 1 is 1.23 bits per heavy atom. The first-order chi connectivity index (χ1) is 12.1. The summed E-state index contributed by atoms with van der Waals surface area (Å²) in [4.78, 5) is 12.1. The fraction of sp³-hybridized carbons (Fsp3) is 0.450. The number of hydrogen-bond acceptors (Lipinski definition) is 3. The zero-order chi connectivity index (χ0) is 17.7. The highest BCUT2D eigenvalue weighted by molar-refractivity contribution is 5.85. The van der Waals surface area contributed by atoms with Gasteiger partial charge in [0.1, 0.15) is 17.3 Å². The molecule has 1 aromatic heterocycles. The zero-order valence-corrected chi connectivity index (χ0v) is 15.8. The Kier molecular flexibility index (Phi) is 7.23. The van der Waals surface area contributed by atoms with Crippen LogP contribution in [0, 0.1) is 11.2 Å². The van der Waals surface area contributed by atoms with Gasteiger partial charge in [0.25, 0.3) is 0 Å². The van der Waals surface area contributed by atoms with Crippen LogP contribution in [0.4, 0.5) is 4.39 Å². The van der Waals surface area contributed by atoms with Crippen LogP contribution >= 0.6 is 12.4 Å². The Balaban J connectivity index is 0.00000243. The molecule has 142 valence electrons. The van der Waals surface area contributed by atoms with Crippen molar-refractivity contribution in [2.75, 3.05) is 19.6 Å². The minimum Gasteiger partial charge on any atom is -0.461 e. The van der Waals surface area contributed by atoms with Crippen LogP contribution in [0.15, 0.2) is 40.8 Å². The Morgan fingerprint density at radius 3 is 2.69 bits per heavy atom. The molecule has 1 aliphatic heterocycles. The minimum atomic E-state index is -0.309. The summed E-state index contributed by atoms with van der Waals surface area (Å²) in [5.41, 5.74) is 0.626. The maximum atomic E-state index is 13.8. The summed E-state index contributed by atoms with van der Waals surface area (Å²) in [6.07, 6.45) is 3.05. The van der Waals surface area contributed by atoms with Crippen LogP contribution in [0.25, 0.3) is 11.3 Å². The molecule has 1 amide bonds. The van der Waals surface area contributed by atoms with E-state index in [2.05, 4.69) is 17.6 Å². The quantitative estimate of drug-likeness (QED) is 0.797. The van der Waals surface area contributed by atoms with Crippen LogP contribution < -0.4 is 10.6 Å². The lowest BCUT2D eigenvalue weighted by molar-refractivity contribution is -0.121. The fourth-order valence-electron chi connectivity index (χ4n) is 3.16. The van der Waals surface area contributed by atoms with Gasteiger partial charge in [-0.05, 0) is 55.6 Å². The standard InChI is InChI=1S/C20H25FN2O2.ClH/c1-20(10-12-22-13-11-20)14-23-19(24)9-7-15-6-8-18(25-15)16-4-2-3-5-17(16)21;/h2-6,8,22H,7,9-14H2,1H3,(H,23,24);1H. The summed E-state index contributed by atoms with van der Waals surface area (Å²) in [6.45, 7) is 4.96. The third-order valence-corrected chi connectivity index (χ3v) is 4.92. The van der Waals surface area contributed by atoms with Gasteiger partial charge >= 0.3 is 0 Å². The van der Waals surface area contributed by atoms with Gasteiger partial charge in [-0.25, -0.2) is 4.39 Å². The summed E-state index contributed by atoms with van der Waals surface area (Å²) in [5, 5.41) is 6.38. The van der Waals surface area contributed by atoms with Gasteiger partial charge in [0.05, 0.1) is 5.56 Å². The first-order valence-corrected chi connectivity index (χ1v) is 8.87. The number of carbonyl (C=O) groups excluding carboxylic acids is 1. The summed E-state index contributed by atoms with van der Waals surface area (Å²) in [7, 11) is 0. The van der Waals surface area contributed by atoms with Crippen LogP contribution in [-0.2, 0) is 11.2 Å². The molecule has 2 N–H and O–H groups in total. The van der Waals surface area contributed by atoms with E-state index in [-0.39, 0.29) is 29.5 Å². The third kappa shape index (κ3) is 5.32. The van der Waals surface area contributed by atoms with Gasteiger partial charge in [-0.15, -0.1) is 12.4 Å². The molecule has 26 heavy (non-hydrogen) atoms. The van der Waals surface area contributed by atoms with E-state index < -0.39 is 0 Å². The largest absolute Gasteiger partial charge is 0.461 e. The van der Waals surface area contributed by atoms with E-state index in [4.69, 9.17) is 4.42 Å². The van der Waals surface area contributed by atoms with E-state index in [1.807, 2.05) is 6.07 Å². The molecule has 1 aromatic carbocycles. The van der Waals surface area contributed by atoms with E-state index >= 15 is 0 Å². The first kappa shape index (κ1) is 20.5. The number of halogens is 2. The van der Waals surface area contributed by atoms with Crippen molar-refractivity contribution in [3.8, 4) is 11.3 Å². The van der Waals surface area contributed by atoms with Gasteiger partial charge in [-0.1, -0.05) is 19.1 Å². The van der Waals surface area contributed by atoms with E-state index in [1.54, 1.807) is 24.3 Å². The van der Waals surface area contributed by atoms with Gasteiger partial charge in [-0.2, -0.15) is 0 Å². The number of nitrogens with one attached hydrogen (secondary N) is 2. The average molecular weight is 381 g/mol. The molecular formula is C20H26ClFN2O2. The maximum absolute atomic E-state index is 13.8. The van der Waals surface area contributed by atoms with Gasteiger partial charge in [0.2, 0.25) is 5.91 Å². The van der Waals surface area contributed by atoms with Gasteiger partial charge in [0, 0.05) is 19.4 Å². The molecule has 0 atom stereocenters. The molecule has 1 saturated heterocycles. The van der Waals surface area contributed by atoms with Crippen molar-refractivity contribution in [1.82, 2.24) is 10.6 Å². The fourth-order valence-corrected chi connectivity index (χ4v) is 3.16. The number of aryl methyl sites for hydroxylation is 1. The zero-order valence-electron chi connectivity index (χ0n) is 15.0. The molecule has 0 saturated carbocycles. The summed E-state index contributed by atoms with van der Waals surface area (Å²) in [5.74, 6) is 0.914.